The van der Waals surface area contributed by atoms with E-state index in [4.69, 9.17) is 9.15 Å². The van der Waals surface area contributed by atoms with Crippen molar-refractivity contribution in [3.05, 3.63) is 30.2 Å². The lowest BCUT2D eigenvalue weighted by Gasteiger charge is -2.27. The predicted molar refractivity (Wildman–Crippen MR) is 94.5 cm³/mol. The van der Waals surface area contributed by atoms with Gasteiger partial charge in [-0.15, -0.1) is 10.2 Å². The maximum Gasteiger partial charge on any atom is 0.489 e. The lowest BCUT2D eigenvalue weighted by atomic mass is 9.77. The quantitative estimate of drug-likeness (QED) is 0.799. The fourth-order valence-corrected chi connectivity index (χ4v) is 2.96. The van der Waals surface area contributed by atoms with E-state index in [1.54, 1.807) is 29.2 Å². The van der Waals surface area contributed by atoms with Gasteiger partial charge in [-0.25, -0.2) is 4.79 Å². The molecule has 0 bridgehead atoms. The number of amides is 1. The van der Waals surface area contributed by atoms with Crippen LogP contribution in [0.1, 0.15) is 45.5 Å². The summed E-state index contributed by atoms with van der Waals surface area (Å²) in [7, 11) is -1.65. The van der Waals surface area contributed by atoms with Crippen molar-refractivity contribution >= 4 is 18.7 Å². The number of ether oxygens (including phenoxy) is 1. The van der Waals surface area contributed by atoms with E-state index in [9.17, 15) is 14.8 Å². The van der Waals surface area contributed by atoms with Gasteiger partial charge >= 0.3 is 13.2 Å². The van der Waals surface area contributed by atoms with Crippen LogP contribution in [0.5, 0.6) is 0 Å². The molecule has 9 heteroatoms. The van der Waals surface area contributed by atoms with Crippen LogP contribution in [0.4, 0.5) is 4.79 Å². The average molecular weight is 359 g/mol. The summed E-state index contributed by atoms with van der Waals surface area (Å²) >= 11 is 0. The molecule has 2 heterocycles. The monoisotopic (exact) mass is 359 g/mol. The first kappa shape index (κ1) is 18.4. The molecule has 3 rings (SSSR count). The molecule has 1 aliphatic rings. The zero-order valence-electron chi connectivity index (χ0n) is 15.0. The highest BCUT2D eigenvalue weighted by molar-refractivity contribution is 6.60. The Labute approximate surface area is 151 Å². The Hall–Kier alpha value is -2.39. The minimum absolute atomic E-state index is 0.180. The molecular formula is C17H22BN3O5. The first-order chi connectivity index (χ1) is 12.3. The van der Waals surface area contributed by atoms with E-state index < -0.39 is 18.8 Å². The molecule has 2 aromatic rings. The molecule has 0 saturated carbocycles. The summed E-state index contributed by atoms with van der Waals surface area (Å²) in [5.41, 5.74) is 0.140. The van der Waals surface area contributed by atoms with Crippen molar-refractivity contribution in [1.82, 2.24) is 15.1 Å². The van der Waals surface area contributed by atoms with Crippen molar-refractivity contribution in [3.8, 4) is 11.5 Å². The molecule has 1 aliphatic heterocycles. The SMILES string of the molecule is CC(C)(C)OC(=O)N1CCCC1c1nnc(-c2ccccc2B(O)O)o1. The molecule has 0 radical (unpaired) electrons. The van der Waals surface area contributed by atoms with Gasteiger partial charge in [0.1, 0.15) is 11.6 Å². The van der Waals surface area contributed by atoms with Gasteiger partial charge in [-0.05, 0) is 45.1 Å². The highest BCUT2D eigenvalue weighted by atomic mass is 16.6. The topological polar surface area (TPSA) is 109 Å². The van der Waals surface area contributed by atoms with Crippen LogP contribution in [0.15, 0.2) is 28.7 Å². The van der Waals surface area contributed by atoms with E-state index in [2.05, 4.69) is 10.2 Å². The third kappa shape index (κ3) is 3.89. The van der Waals surface area contributed by atoms with E-state index in [1.165, 1.54) is 0 Å². The average Bonchev–Trinajstić information content (AvgIpc) is 3.22. The predicted octanol–water partition coefficient (Wildman–Crippen LogP) is 1.49. The van der Waals surface area contributed by atoms with Crippen molar-refractivity contribution in [1.29, 1.82) is 0 Å². The second kappa shape index (κ2) is 7.09. The van der Waals surface area contributed by atoms with Gasteiger partial charge in [0.25, 0.3) is 0 Å². The van der Waals surface area contributed by atoms with E-state index in [1.807, 2.05) is 20.8 Å². The molecule has 1 fully saturated rings. The van der Waals surface area contributed by atoms with Crippen molar-refractivity contribution in [3.63, 3.8) is 0 Å². The molecule has 0 spiro atoms. The van der Waals surface area contributed by atoms with Crippen LogP contribution in [0, 0.1) is 0 Å². The number of hydrogen-bond donors (Lipinski definition) is 2. The maximum absolute atomic E-state index is 12.4. The Morgan fingerprint density at radius 1 is 1.31 bits per heavy atom. The van der Waals surface area contributed by atoms with Gasteiger partial charge in [-0.3, -0.25) is 4.90 Å². The highest BCUT2D eigenvalue weighted by Gasteiger charge is 2.36. The second-order valence-corrected chi connectivity index (χ2v) is 7.24. The third-order valence-electron chi connectivity index (χ3n) is 4.08. The van der Waals surface area contributed by atoms with E-state index in [-0.39, 0.29) is 17.4 Å². The van der Waals surface area contributed by atoms with Crippen molar-refractivity contribution < 1.29 is 24.0 Å². The molecule has 2 N–H and O–H groups in total. The second-order valence-electron chi connectivity index (χ2n) is 7.24. The summed E-state index contributed by atoms with van der Waals surface area (Å²) < 4.78 is 11.2. The summed E-state index contributed by atoms with van der Waals surface area (Å²) in [6, 6.07) is 6.33. The summed E-state index contributed by atoms with van der Waals surface area (Å²) in [6.07, 6.45) is 1.10. The zero-order valence-corrected chi connectivity index (χ0v) is 15.0. The maximum atomic E-state index is 12.4. The number of carbonyl (C=O) groups excluding carboxylic acids is 1. The standard InChI is InChI=1S/C17H22BN3O5/c1-17(2,3)26-16(22)21-10-6-9-13(21)15-20-19-14(25-15)11-7-4-5-8-12(11)18(23)24/h4-5,7-8,13,23-24H,6,9-10H2,1-3H3. The van der Waals surface area contributed by atoms with Gasteiger partial charge in [-0.1, -0.05) is 18.2 Å². The van der Waals surface area contributed by atoms with Gasteiger partial charge in [0.05, 0.1) is 0 Å². The summed E-state index contributed by atoms with van der Waals surface area (Å²) in [6.45, 7) is 6.01. The summed E-state index contributed by atoms with van der Waals surface area (Å²) in [5, 5.41) is 27.1. The molecule has 8 nitrogen and oxygen atoms in total. The van der Waals surface area contributed by atoms with Crippen LogP contribution >= 0.6 is 0 Å². The fourth-order valence-electron chi connectivity index (χ4n) is 2.96. The molecule has 1 aromatic carbocycles. The molecule has 0 aliphatic carbocycles. The Bertz CT molecular complexity index is 787. The first-order valence-corrected chi connectivity index (χ1v) is 8.55. The first-order valence-electron chi connectivity index (χ1n) is 8.55. The number of aromatic nitrogens is 2. The van der Waals surface area contributed by atoms with Gasteiger partial charge in [0, 0.05) is 12.1 Å². The Morgan fingerprint density at radius 3 is 2.73 bits per heavy atom. The number of likely N-dealkylation sites (tertiary alicyclic amines) is 1. The van der Waals surface area contributed by atoms with Crippen LogP contribution in [0.2, 0.25) is 0 Å². The highest BCUT2D eigenvalue weighted by Crippen LogP contribution is 2.33. The molecule has 1 unspecified atom stereocenters. The summed E-state index contributed by atoms with van der Waals surface area (Å²) in [5.74, 6) is 0.491. The number of nitrogens with zero attached hydrogens (tertiary/aromatic N) is 3. The van der Waals surface area contributed by atoms with Gasteiger partial charge in [0.2, 0.25) is 11.8 Å². The molecule has 1 aromatic heterocycles. The zero-order chi connectivity index (χ0) is 18.9. The van der Waals surface area contributed by atoms with Crippen molar-refractivity contribution in [2.75, 3.05) is 6.54 Å². The smallest absolute Gasteiger partial charge is 0.444 e. The van der Waals surface area contributed by atoms with Gasteiger partial charge in [0.15, 0.2) is 0 Å². The largest absolute Gasteiger partial charge is 0.489 e. The van der Waals surface area contributed by atoms with Crippen molar-refractivity contribution in [2.24, 2.45) is 0 Å². The summed E-state index contributed by atoms with van der Waals surface area (Å²) in [4.78, 5) is 14.0. The molecule has 1 amide bonds. The molecule has 138 valence electrons. The van der Waals surface area contributed by atoms with Gasteiger partial charge in [-0.2, -0.15) is 0 Å². The van der Waals surface area contributed by atoms with Crippen molar-refractivity contribution in [2.45, 2.75) is 45.3 Å². The van der Waals surface area contributed by atoms with Crippen LogP contribution in [-0.2, 0) is 4.74 Å². The normalized spacial score (nSPS) is 17.4. The molecule has 26 heavy (non-hydrogen) atoms. The van der Waals surface area contributed by atoms with E-state index >= 15 is 0 Å². The van der Waals surface area contributed by atoms with Crippen LogP contribution in [-0.4, -0.2) is 50.5 Å². The Kier molecular flexibility index (Phi) is 5.02. The van der Waals surface area contributed by atoms with Crippen LogP contribution in [0.25, 0.3) is 11.5 Å². The Balaban J connectivity index is 1.84. The fraction of sp³-hybridized carbons (Fsp3) is 0.471. The lowest BCUT2D eigenvalue weighted by molar-refractivity contribution is 0.0204. The third-order valence-corrected chi connectivity index (χ3v) is 4.08. The molecular weight excluding hydrogens is 337 g/mol. The lowest BCUT2D eigenvalue weighted by Crippen LogP contribution is -2.36. The van der Waals surface area contributed by atoms with Crippen LogP contribution < -0.4 is 5.46 Å². The molecule has 1 saturated heterocycles. The number of benzene rings is 1. The number of carbonyl (C=O) groups is 1. The van der Waals surface area contributed by atoms with Gasteiger partial charge < -0.3 is 19.2 Å². The minimum atomic E-state index is -1.65. The Morgan fingerprint density at radius 2 is 2.04 bits per heavy atom. The minimum Gasteiger partial charge on any atom is -0.444 e. The number of rotatable bonds is 3. The molecule has 1 atom stereocenters. The van der Waals surface area contributed by atoms with E-state index in [0.717, 1.165) is 6.42 Å². The van der Waals surface area contributed by atoms with Crippen LogP contribution in [0.3, 0.4) is 0 Å². The number of hydrogen-bond acceptors (Lipinski definition) is 7. The van der Waals surface area contributed by atoms with E-state index in [0.29, 0.717) is 24.4 Å².